The Bertz CT molecular complexity index is 393. The summed E-state index contributed by atoms with van der Waals surface area (Å²) in [5.41, 5.74) is 0. The molecule has 1 aliphatic rings. The van der Waals surface area contributed by atoms with Crippen LogP contribution in [-0.2, 0) is 14.8 Å². The van der Waals surface area contributed by atoms with Crippen LogP contribution in [0.25, 0.3) is 0 Å². The molecule has 98 valence electrons. The molecule has 0 aromatic rings. The first-order valence-electron chi connectivity index (χ1n) is 5.40. The summed E-state index contributed by atoms with van der Waals surface area (Å²) in [5.74, 6) is -0.975. The number of hydrogen-bond donors (Lipinski definition) is 1. The molecule has 1 N–H and O–H groups in total. The van der Waals surface area contributed by atoms with Crippen LogP contribution in [0.2, 0.25) is 0 Å². The maximum Gasteiger partial charge on any atom is 0.322 e. The molecule has 0 aromatic carbocycles. The van der Waals surface area contributed by atoms with Crippen LogP contribution in [0.3, 0.4) is 0 Å². The fourth-order valence-corrected chi connectivity index (χ4v) is 5.36. The van der Waals surface area contributed by atoms with Gasteiger partial charge in [-0.15, -0.1) is 18.3 Å². The van der Waals surface area contributed by atoms with Crippen molar-refractivity contribution in [3.05, 3.63) is 12.7 Å². The van der Waals surface area contributed by atoms with E-state index in [1.165, 1.54) is 17.8 Å². The monoisotopic (exact) mass is 279 g/mol. The first-order chi connectivity index (χ1) is 7.94. The van der Waals surface area contributed by atoms with Gasteiger partial charge in [0.05, 0.1) is 11.1 Å². The number of carboxylic acids is 1. The molecule has 0 radical (unpaired) electrons. The molecular formula is C10H17NO4S2. The van der Waals surface area contributed by atoms with E-state index < -0.39 is 22.0 Å². The number of carboxylic acid groups (broad SMARTS) is 1. The average molecular weight is 279 g/mol. The van der Waals surface area contributed by atoms with Gasteiger partial charge < -0.3 is 5.11 Å². The summed E-state index contributed by atoms with van der Waals surface area (Å²) in [5, 5.41) is 8.80. The van der Waals surface area contributed by atoms with E-state index in [0.29, 0.717) is 12.2 Å². The lowest BCUT2D eigenvalue weighted by Gasteiger charge is -2.25. The quantitative estimate of drug-likeness (QED) is 0.738. The molecule has 0 aliphatic carbocycles. The summed E-state index contributed by atoms with van der Waals surface area (Å²) in [6.45, 7) is 5.35. The molecular weight excluding hydrogens is 262 g/mol. The maximum absolute atomic E-state index is 12.0. The summed E-state index contributed by atoms with van der Waals surface area (Å²) < 4.78 is 25.2. The number of hydrogen-bond acceptors (Lipinski definition) is 4. The van der Waals surface area contributed by atoms with Crippen LogP contribution in [0.4, 0.5) is 0 Å². The molecule has 0 spiro atoms. The Hall–Kier alpha value is -0.530. The fraction of sp³-hybridized carbons (Fsp3) is 0.700. The van der Waals surface area contributed by atoms with Gasteiger partial charge in [-0.25, -0.2) is 8.42 Å². The molecule has 1 heterocycles. The molecule has 0 aromatic heterocycles. The van der Waals surface area contributed by atoms with Crippen LogP contribution in [0, 0.1) is 0 Å². The Balaban J connectivity index is 3.00. The maximum atomic E-state index is 12.0. The highest BCUT2D eigenvalue weighted by atomic mass is 32.2. The second-order valence-electron chi connectivity index (χ2n) is 3.83. The molecule has 1 fully saturated rings. The van der Waals surface area contributed by atoms with Crippen molar-refractivity contribution in [1.29, 1.82) is 0 Å². The van der Waals surface area contributed by atoms with Crippen LogP contribution < -0.4 is 0 Å². The van der Waals surface area contributed by atoms with Gasteiger partial charge in [0.1, 0.15) is 6.04 Å². The van der Waals surface area contributed by atoms with Crippen molar-refractivity contribution in [3.63, 3.8) is 0 Å². The zero-order chi connectivity index (χ0) is 13.1. The van der Waals surface area contributed by atoms with Crippen LogP contribution in [-0.4, -0.2) is 46.7 Å². The number of thioether (sulfide) groups is 1. The van der Waals surface area contributed by atoms with Crippen molar-refractivity contribution in [1.82, 2.24) is 4.31 Å². The number of rotatable bonds is 6. The second-order valence-corrected chi connectivity index (χ2v) is 6.96. The average Bonchev–Trinajstić information content (AvgIpc) is 2.62. The van der Waals surface area contributed by atoms with Crippen molar-refractivity contribution in [2.24, 2.45) is 0 Å². The Morgan fingerprint density at radius 1 is 1.65 bits per heavy atom. The van der Waals surface area contributed by atoms with E-state index in [9.17, 15) is 13.2 Å². The summed E-state index contributed by atoms with van der Waals surface area (Å²) >= 11 is 1.40. The molecule has 0 amide bonds. The van der Waals surface area contributed by atoms with E-state index in [-0.39, 0.29) is 11.1 Å². The minimum Gasteiger partial charge on any atom is -0.480 e. The highest BCUT2D eigenvalue weighted by Crippen LogP contribution is 2.34. The zero-order valence-electron chi connectivity index (χ0n) is 9.70. The molecule has 5 nitrogen and oxygen atoms in total. The van der Waals surface area contributed by atoms with E-state index >= 15 is 0 Å². The van der Waals surface area contributed by atoms with Crippen molar-refractivity contribution in [2.75, 3.05) is 11.5 Å². The lowest BCUT2D eigenvalue weighted by atomic mass is 10.3. The van der Waals surface area contributed by atoms with E-state index in [2.05, 4.69) is 6.58 Å². The number of nitrogens with zero attached hydrogens (tertiary/aromatic N) is 1. The van der Waals surface area contributed by atoms with Crippen molar-refractivity contribution >= 4 is 27.8 Å². The Kier molecular flexibility index (Phi) is 5.03. The second kappa shape index (κ2) is 5.88. The highest BCUT2D eigenvalue weighted by molar-refractivity contribution is 8.01. The van der Waals surface area contributed by atoms with Crippen molar-refractivity contribution in [2.45, 2.75) is 31.2 Å². The minimum absolute atomic E-state index is 0.211. The molecule has 1 saturated heterocycles. The lowest BCUT2D eigenvalue weighted by Crippen LogP contribution is -2.46. The molecule has 2 unspecified atom stereocenters. The molecule has 7 heteroatoms. The Morgan fingerprint density at radius 3 is 2.76 bits per heavy atom. The third-order valence-corrected chi connectivity index (χ3v) is 5.81. The topological polar surface area (TPSA) is 74.7 Å². The molecule has 1 rings (SSSR count). The molecule has 2 atom stereocenters. The lowest BCUT2D eigenvalue weighted by molar-refractivity contribution is -0.140. The summed E-state index contributed by atoms with van der Waals surface area (Å²) in [6.07, 6.45) is 2.79. The third kappa shape index (κ3) is 3.23. The van der Waals surface area contributed by atoms with Gasteiger partial charge in [0.25, 0.3) is 0 Å². The van der Waals surface area contributed by atoms with Crippen LogP contribution in [0.15, 0.2) is 12.7 Å². The predicted octanol–water partition coefficient (Wildman–Crippen LogP) is 1.13. The van der Waals surface area contributed by atoms with E-state index in [0.717, 1.165) is 10.7 Å². The van der Waals surface area contributed by atoms with Gasteiger partial charge in [0.2, 0.25) is 10.0 Å². The first kappa shape index (κ1) is 14.5. The third-order valence-electron chi connectivity index (χ3n) is 2.51. The van der Waals surface area contributed by atoms with Crippen LogP contribution in [0.1, 0.15) is 19.8 Å². The predicted molar refractivity (Wildman–Crippen MR) is 68.4 cm³/mol. The van der Waals surface area contributed by atoms with Gasteiger partial charge >= 0.3 is 5.97 Å². The van der Waals surface area contributed by atoms with Crippen molar-refractivity contribution in [3.8, 4) is 0 Å². The van der Waals surface area contributed by atoms with Gasteiger partial charge in [-0.2, -0.15) is 4.31 Å². The summed E-state index contributed by atoms with van der Waals surface area (Å²) in [7, 11) is -3.56. The number of aliphatic carboxylic acids is 1. The van der Waals surface area contributed by atoms with Gasteiger partial charge in [-0.05, 0) is 6.42 Å². The van der Waals surface area contributed by atoms with E-state index in [4.69, 9.17) is 5.11 Å². The number of sulfonamides is 1. The van der Waals surface area contributed by atoms with Gasteiger partial charge in [0, 0.05) is 5.75 Å². The largest absolute Gasteiger partial charge is 0.480 e. The molecule has 17 heavy (non-hydrogen) atoms. The molecule has 1 aliphatic heterocycles. The van der Waals surface area contributed by atoms with Gasteiger partial charge in [-0.1, -0.05) is 19.4 Å². The number of carbonyl (C=O) groups is 1. The Morgan fingerprint density at radius 2 is 2.29 bits per heavy atom. The fourth-order valence-electron chi connectivity index (χ4n) is 1.80. The smallest absolute Gasteiger partial charge is 0.322 e. The van der Waals surface area contributed by atoms with Crippen LogP contribution >= 0.6 is 11.8 Å². The molecule has 0 saturated carbocycles. The highest BCUT2D eigenvalue weighted by Gasteiger charge is 2.44. The summed E-state index contributed by atoms with van der Waals surface area (Å²) in [4.78, 5) is 11.1. The zero-order valence-corrected chi connectivity index (χ0v) is 11.3. The Labute approximate surface area is 106 Å². The standard InChI is InChI=1S/C10H17NO4S2/c1-3-5-9-11(17(14,15)6-4-2)8(7-16-9)10(12)13/h4,8-9H,2-3,5-7H2,1H3,(H,12,13). The summed E-state index contributed by atoms with van der Waals surface area (Å²) in [6, 6.07) is -0.943. The van der Waals surface area contributed by atoms with E-state index in [1.54, 1.807) is 0 Å². The van der Waals surface area contributed by atoms with Crippen LogP contribution in [0.5, 0.6) is 0 Å². The minimum atomic E-state index is -3.56. The van der Waals surface area contributed by atoms with Gasteiger partial charge in [-0.3, -0.25) is 4.79 Å². The van der Waals surface area contributed by atoms with Crippen molar-refractivity contribution < 1.29 is 18.3 Å². The normalized spacial score (nSPS) is 25.9. The van der Waals surface area contributed by atoms with Gasteiger partial charge in [0.15, 0.2) is 0 Å². The molecule has 0 bridgehead atoms. The first-order valence-corrected chi connectivity index (χ1v) is 8.06. The SMILES string of the molecule is C=CCS(=O)(=O)N1C(CCC)SCC1C(=O)O. The van der Waals surface area contributed by atoms with E-state index in [1.807, 2.05) is 6.92 Å².